The first-order valence-corrected chi connectivity index (χ1v) is 8.66. The van der Waals surface area contributed by atoms with Gasteiger partial charge in [0, 0.05) is 6.04 Å². The lowest BCUT2D eigenvalue weighted by molar-refractivity contribution is 0.301. The summed E-state index contributed by atoms with van der Waals surface area (Å²) >= 11 is 4.84. The van der Waals surface area contributed by atoms with Crippen molar-refractivity contribution in [2.75, 3.05) is 0 Å². The van der Waals surface area contributed by atoms with Crippen LogP contribution < -0.4 is 10.5 Å². The smallest absolute Gasteiger partial charge is 0.221 e. The number of rotatable bonds is 6. The van der Waals surface area contributed by atoms with E-state index >= 15 is 0 Å². The molecule has 1 aliphatic carbocycles. The Kier molecular flexibility index (Phi) is 6.01. The molecule has 4 nitrogen and oxygen atoms in total. The predicted molar refractivity (Wildman–Crippen MR) is 79.0 cm³/mol. The van der Waals surface area contributed by atoms with Gasteiger partial charge in [-0.25, -0.2) is 13.1 Å². The van der Waals surface area contributed by atoms with E-state index in [4.69, 9.17) is 18.0 Å². The van der Waals surface area contributed by atoms with Gasteiger partial charge in [-0.15, -0.1) is 0 Å². The summed E-state index contributed by atoms with van der Waals surface area (Å²) in [5.41, 5.74) is 5.50. The van der Waals surface area contributed by atoms with Crippen LogP contribution in [0.2, 0.25) is 0 Å². The van der Waals surface area contributed by atoms with Crippen LogP contribution >= 0.6 is 12.2 Å². The minimum absolute atomic E-state index is 0.0529. The highest BCUT2D eigenvalue weighted by molar-refractivity contribution is 7.93. The van der Waals surface area contributed by atoms with Crippen LogP contribution in [0.1, 0.15) is 52.4 Å². The third-order valence-electron chi connectivity index (χ3n) is 3.75. The quantitative estimate of drug-likeness (QED) is 0.734. The summed E-state index contributed by atoms with van der Waals surface area (Å²) < 4.78 is 27.2. The third kappa shape index (κ3) is 4.17. The highest BCUT2D eigenvalue weighted by Gasteiger charge is 2.31. The van der Waals surface area contributed by atoms with Gasteiger partial charge in [0.2, 0.25) is 10.0 Å². The molecular weight excluding hydrogens is 268 g/mol. The zero-order valence-electron chi connectivity index (χ0n) is 11.2. The van der Waals surface area contributed by atoms with Gasteiger partial charge in [-0.05, 0) is 25.2 Å². The second-order valence-corrected chi connectivity index (χ2v) is 7.47. The molecule has 1 fully saturated rings. The van der Waals surface area contributed by atoms with Crippen molar-refractivity contribution < 1.29 is 8.42 Å². The van der Waals surface area contributed by atoms with Crippen LogP contribution in [0.4, 0.5) is 0 Å². The minimum Gasteiger partial charge on any atom is -0.392 e. The van der Waals surface area contributed by atoms with E-state index in [1.54, 1.807) is 6.92 Å². The standard InChI is InChI=1S/C12H24N2O2S2/c1-3-9-6-5-7-10(8-9)14-18(15,16)11(4-2)12(13)17/h9-11,14H,3-8H2,1-2H3,(H2,13,17). The SMILES string of the molecule is CCC1CCCC(NS(=O)(=O)C(CC)C(N)=S)C1. The molecule has 18 heavy (non-hydrogen) atoms. The van der Waals surface area contributed by atoms with E-state index in [9.17, 15) is 8.42 Å². The van der Waals surface area contributed by atoms with Crippen molar-refractivity contribution in [1.29, 1.82) is 0 Å². The average Bonchev–Trinajstić information content (AvgIpc) is 2.28. The molecule has 0 saturated heterocycles. The zero-order chi connectivity index (χ0) is 13.8. The Labute approximate surface area is 116 Å². The van der Waals surface area contributed by atoms with E-state index in [2.05, 4.69) is 11.6 Å². The van der Waals surface area contributed by atoms with E-state index in [1.165, 1.54) is 6.42 Å². The first-order valence-electron chi connectivity index (χ1n) is 6.71. The third-order valence-corrected chi connectivity index (χ3v) is 6.19. The van der Waals surface area contributed by atoms with Crippen LogP contribution in [0, 0.1) is 5.92 Å². The number of thiocarbonyl (C=S) groups is 1. The maximum absolute atomic E-state index is 12.2. The van der Waals surface area contributed by atoms with E-state index in [0.29, 0.717) is 12.3 Å². The summed E-state index contributed by atoms with van der Waals surface area (Å²) in [5.74, 6) is 0.636. The fourth-order valence-electron chi connectivity index (χ4n) is 2.66. The van der Waals surface area contributed by atoms with E-state index in [0.717, 1.165) is 25.7 Å². The van der Waals surface area contributed by atoms with Crippen LogP contribution in [-0.2, 0) is 10.0 Å². The molecule has 0 aromatic carbocycles. The molecular formula is C12H24N2O2S2. The normalized spacial score (nSPS) is 26.8. The molecule has 1 saturated carbocycles. The molecule has 0 amide bonds. The molecule has 0 aliphatic heterocycles. The van der Waals surface area contributed by atoms with Gasteiger partial charge in [0.15, 0.2) is 0 Å². The van der Waals surface area contributed by atoms with Crippen LogP contribution in [0.25, 0.3) is 0 Å². The lowest BCUT2D eigenvalue weighted by atomic mass is 9.85. The van der Waals surface area contributed by atoms with Crippen molar-refractivity contribution in [3.63, 3.8) is 0 Å². The van der Waals surface area contributed by atoms with Crippen LogP contribution in [0.15, 0.2) is 0 Å². The van der Waals surface area contributed by atoms with E-state index < -0.39 is 15.3 Å². The van der Waals surface area contributed by atoms with Gasteiger partial charge in [0.05, 0.1) is 4.99 Å². The Morgan fingerprint density at radius 2 is 2.11 bits per heavy atom. The van der Waals surface area contributed by atoms with Crippen molar-refractivity contribution >= 4 is 27.2 Å². The van der Waals surface area contributed by atoms with Crippen LogP contribution in [0.3, 0.4) is 0 Å². The van der Waals surface area contributed by atoms with Crippen molar-refractivity contribution in [3.8, 4) is 0 Å². The van der Waals surface area contributed by atoms with Gasteiger partial charge in [-0.2, -0.15) is 0 Å². The monoisotopic (exact) mass is 292 g/mol. The summed E-state index contributed by atoms with van der Waals surface area (Å²) in [6.45, 7) is 3.95. The summed E-state index contributed by atoms with van der Waals surface area (Å²) in [7, 11) is -3.42. The Morgan fingerprint density at radius 3 is 2.61 bits per heavy atom. The summed E-state index contributed by atoms with van der Waals surface area (Å²) in [5, 5.41) is -0.741. The molecule has 106 valence electrons. The van der Waals surface area contributed by atoms with E-state index in [1.807, 2.05) is 0 Å². The largest absolute Gasteiger partial charge is 0.392 e. The van der Waals surface area contributed by atoms with Crippen molar-refractivity contribution in [2.24, 2.45) is 11.7 Å². The van der Waals surface area contributed by atoms with Crippen LogP contribution in [-0.4, -0.2) is 24.7 Å². The number of nitrogens with two attached hydrogens (primary N) is 1. The Bertz CT molecular complexity index is 382. The van der Waals surface area contributed by atoms with Crippen molar-refractivity contribution in [3.05, 3.63) is 0 Å². The van der Waals surface area contributed by atoms with Gasteiger partial charge < -0.3 is 5.73 Å². The number of nitrogens with one attached hydrogen (secondary N) is 1. The first-order chi connectivity index (χ1) is 8.40. The lowest BCUT2D eigenvalue weighted by Gasteiger charge is -2.30. The molecule has 3 unspecified atom stereocenters. The highest BCUT2D eigenvalue weighted by atomic mass is 32.2. The molecule has 0 spiro atoms. The number of sulfonamides is 1. The number of hydrogen-bond acceptors (Lipinski definition) is 3. The fourth-order valence-corrected chi connectivity index (χ4v) is 4.79. The summed E-state index contributed by atoms with van der Waals surface area (Å²) in [6, 6.07) is 0.0529. The lowest BCUT2D eigenvalue weighted by Crippen LogP contribution is -2.47. The molecule has 0 bridgehead atoms. The molecule has 3 atom stereocenters. The minimum atomic E-state index is -3.42. The molecule has 0 aromatic heterocycles. The summed E-state index contributed by atoms with van der Waals surface area (Å²) in [4.78, 5) is 0.0628. The van der Waals surface area contributed by atoms with Crippen LogP contribution in [0.5, 0.6) is 0 Å². The Balaban J connectivity index is 2.67. The van der Waals surface area contributed by atoms with E-state index in [-0.39, 0.29) is 11.0 Å². The summed E-state index contributed by atoms with van der Waals surface area (Å²) in [6.07, 6.45) is 5.70. The van der Waals surface area contributed by atoms with Crippen molar-refractivity contribution in [2.45, 2.75) is 63.7 Å². The maximum atomic E-state index is 12.2. The van der Waals surface area contributed by atoms with Gasteiger partial charge in [0.25, 0.3) is 0 Å². The second kappa shape index (κ2) is 6.82. The second-order valence-electron chi connectivity index (χ2n) is 5.10. The molecule has 6 heteroatoms. The maximum Gasteiger partial charge on any atom is 0.221 e. The first kappa shape index (κ1) is 15.9. The Hall–Kier alpha value is -0.200. The number of hydrogen-bond donors (Lipinski definition) is 2. The Morgan fingerprint density at radius 1 is 1.44 bits per heavy atom. The fraction of sp³-hybridized carbons (Fsp3) is 0.917. The molecule has 1 rings (SSSR count). The molecule has 3 N–H and O–H groups in total. The highest BCUT2D eigenvalue weighted by Crippen LogP contribution is 2.27. The zero-order valence-corrected chi connectivity index (χ0v) is 12.8. The molecule has 0 heterocycles. The molecule has 1 aliphatic rings. The van der Waals surface area contributed by atoms with Gasteiger partial charge >= 0.3 is 0 Å². The average molecular weight is 292 g/mol. The molecule has 0 aromatic rings. The topological polar surface area (TPSA) is 72.2 Å². The molecule has 0 radical (unpaired) electrons. The van der Waals surface area contributed by atoms with Gasteiger partial charge in [-0.1, -0.05) is 45.3 Å². The predicted octanol–water partition coefficient (Wildman–Crippen LogP) is 1.94. The van der Waals surface area contributed by atoms with Gasteiger partial charge in [0.1, 0.15) is 5.25 Å². The van der Waals surface area contributed by atoms with Crippen molar-refractivity contribution in [1.82, 2.24) is 4.72 Å². The van der Waals surface area contributed by atoms with Gasteiger partial charge in [-0.3, -0.25) is 0 Å².